The lowest BCUT2D eigenvalue weighted by Crippen LogP contribution is -2.48. The Kier molecular flexibility index (Phi) is 6.38. The number of piperazine rings is 1. The van der Waals surface area contributed by atoms with Crippen LogP contribution in [-0.4, -0.2) is 65.9 Å². The number of aliphatic hydroxyl groups is 1. The molecule has 1 heterocycles. The molecule has 1 saturated heterocycles. The molecule has 0 amide bonds. The van der Waals surface area contributed by atoms with Crippen LogP contribution in [0.15, 0.2) is 30.3 Å². The summed E-state index contributed by atoms with van der Waals surface area (Å²) in [5.74, 6) is 0. The molecule has 0 saturated carbocycles. The molecule has 4 heteroatoms. The molecular formula is C18H30N2O2. The van der Waals surface area contributed by atoms with E-state index in [1.54, 1.807) is 0 Å². The Morgan fingerprint density at radius 3 is 2.23 bits per heavy atom. The predicted octanol–water partition coefficient (Wildman–Crippen LogP) is 1.98. The van der Waals surface area contributed by atoms with Gasteiger partial charge < -0.3 is 9.84 Å². The molecule has 1 aliphatic heterocycles. The van der Waals surface area contributed by atoms with Crippen LogP contribution in [0.25, 0.3) is 0 Å². The molecule has 124 valence electrons. The molecule has 1 N–H and O–H groups in total. The topological polar surface area (TPSA) is 35.9 Å². The van der Waals surface area contributed by atoms with E-state index in [1.165, 1.54) is 5.56 Å². The second kappa shape index (κ2) is 8.06. The number of benzene rings is 1. The molecule has 0 unspecified atom stereocenters. The highest BCUT2D eigenvalue weighted by Crippen LogP contribution is 2.10. The highest BCUT2D eigenvalue weighted by Gasteiger charge is 2.20. The first-order valence-electron chi connectivity index (χ1n) is 8.23. The van der Waals surface area contributed by atoms with Crippen molar-refractivity contribution in [2.75, 3.05) is 39.3 Å². The molecule has 0 aliphatic carbocycles. The van der Waals surface area contributed by atoms with Gasteiger partial charge in [0.2, 0.25) is 0 Å². The van der Waals surface area contributed by atoms with Crippen molar-refractivity contribution in [1.82, 2.24) is 9.80 Å². The zero-order valence-corrected chi connectivity index (χ0v) is 14.2. The Bertz CT molecular complexity index is 422. The van der Waals surface area contributed by atoms with Crippen LogP contribution in [0.4, 0.5) is 0 Å². The SMILES string of the molecule is CC(C)(C)OC[C@H](O)CN1CCN(Cc2ccccc2)CC1. The molecule has 4 nitrogen and oxygen atoms in total. The molecule has 1 aromatic rings. The first-order valence-corrected chi connectivity index (χ1v) is 8.23. The summed E-state index contributed by atoms with van der Waals surface area (Å²) in [6.07, 6.45) is -0.403. The van der Waals surface area contributed by atoms with Crippen molar-refractivity contribution in [3.63, 3.8) is 0 Å². The van der Waals surface area contributed by atoms with E-state index in [-0.39, 0.29) is 5.60 Å². The largest absolute Gasteiger partial charge is 0.389 e. The van der Waals surface area contributed by atoms with Crippen molar-refractivity contribution in [3.8, 4) is 0 Å². The normalized spacial score (nSPS) is 19.3. The molecule has 0 spiro atoms. The first-order chi connectivity index (χ1) is 10.4. The van der Waals surface area contributed by atoms with E-state index in [0.29, 0.717) is 13.2 Å². The lowest BCUT2D eigenvalue weighted by molar-refractivity contribution is -0.0587. The molecule has 22 heavy (non-hydrogen) atoms. The Balaban J connectivity index is 1.66. The highest BCUT2D eigenvalue weighted by molar-refractivity contribution is 5.14. The zero-order chi connectivity index (χ0) is 16.0. The van der Waals surface area contributed by atoms with Gasteiger partial charge in [-0.3, -0.25) is 9.80 Å². The van der Waals surface area contributed by atoms with E-state index in [0.717, 1.165) is 32.7 Å². The van der Waals surface area contributed by atoms with E-state index in [1.807, 2.05) is 20.8 Å². The predicted molar refractivity (Wildman–Crippen MR) is 89.9 cm³/mol. The van der Waals surface area contributed by atoms with E-state index < -0.39 is 6.10 Å². The summed E-state index contributed by atoms with van der Waals surface area (Å²) in [5, 5.41) is 10.1. The maximum Gasteiger partial charge on any atom is 0.0900 e. The third kappa shape index (κ3) is 6.44. The fraction of sp³-hybridized carbons (Fsp3) is 0.667. The van der Waals surface area contributed by atoms with Crippen molar-refractivity contribution in [2.24, 2.45) is 0 Å². The van der Waals surface area contributed by atoms with Gasteiger partial charge in [0.1, 0.15) is 0 Å². The van der Waals surface area contributed by atoms with Crippen LogP contribution in [0.1, 0.15) is 26.3 Å². The second-order valence-corrected chi connectivity index (χ2v) is 7.14. The Hall–Kier alpha value is -0.940. The minimum atomic E-state index is -0.403. The number of hydrogen-bond donors (Lipinski definition) is 1. The average molecular weight is 306 g/mol. The second-order valence-electron chi connectivity index (χ2n) is 7.14. The molecule has 1 aromatic carbocycles. The van der Waals surface area contributed by atoms with Gasteiger partial charge >= 0.3 is 0 Å². The van der Waals surface area contributed by atoms with Gasteiger partial charge in [-0.1, -0.05) is 30.3 Å². The Morgan fingerprint density at radius 1 is 1.05 bits per heavy atom. The van der Waals surface area contributed by atoms with Gasteiger partial charge in [0.15, 0.2) is 0 Å². The lowest BCUT2D eigenvalue weighted by Gasteiger charge is -2.36. The Labute approximate surface area is 134 Å². The molecule has 1 fully saturated rings. The summed E-state index contributed by atoms with van der Waals surface area (Å²) in [4.78, 5) is 4.81. The van der Waals surface area contributed by atoms with Crippen molar-refractivity contribution in [2.45, 2.75) is 39.0 Å². The van der Waals surface area contributed by atoms with Crippen molar-refractivity contribution in [3.05, 3.63) is 35.9 Å². The fourth-order valence-electron chi connectivity index (χ4n) is 2.67. The van der Waals surface area contributed by atoms with Gasteiger partial charge in [-0.25, -0.2) is 0 Å². The van der Waals surface area contributed by atoms with Crippen molar-refractivity contribution < 1.29 is 9.84 Å². The fourth-order valence-corrected chi connectivity index (χ4v) is 2.67. The van der Waals surface area contributed by atoms with Gasteiger partial charge in [0, 0.05) is 39.3 Å². The van der Waals surface area contributed by atoms with E-state index in [4.69, 9.17) is 4.74 Å². The monoisotopic (exact) mass is 306 g/mol. The third-order valence-corrected chi connectivity index (χ3v) is 3.89. The van der Waals surface area contributed by atoms with Crippen LogP contribution in [0.5, 0.6) is 0 Å². The maximum absolute atomic E-state index is 10.1. The van der Waals surface area contributed by atoms with Crippen molar-refractivity contribution in [1.29, 1.82) is 0 Å². The highest BCUT2D eigenvalue weighted by atomic mass is 16.5. The summed E-state index contributed by atoms with van der Waals surface area (Å²) in [7, 11) is 0. The summed E-state index contributed by atoms with van der Waals surface area (Å²) >= 11 is 0. The van der Waals surface area contributed by atoms with Crippen LogP contribution < -0.4 is 0 Å². The molecule has 1 atom stereocenters. The standard InChI is InChI=1S/C18H30N2O2/c1-18(2,3)22-15-17(21)14-20-11-9-19(10-12-20)13-16-7-5-4-6-8-16/h4-8,17,21H,9-15H2,1-3H3/t17-/m1/s1. The summed E-state index contributed by atoms with van der Waals surface area (Å²) < 4.78 is 5.65. The van der Waals surface area contributed by atoms with Crippen molar-refractivity contribution >= 4 is 0 Å². The molecule has 1 aliphatic rings. The van der Waals surface area contributed by atoms with Gasteiger partial charge in [-0.05, 0) is 26.3 Å². The van der Waals surface area contributed by atoms with E-state index in [2.05, 4.69) is 40.1 Å². The van der Waals surface area contributed by atoms with Crippen LogP contribution in [0.2, 0.25) is 0 Å². The number of nitrogens with zero attached hydrogens (tertiary/aromatic N) is 2. The summed E-state index contributed by atoms with van der Waals surface area (Å²) in [6, 6.07) is 10.6. The molecule has 0 radical (unpaired) electrons. The number of hydrogen-bond acceptors (Lipinski definition) is 4. The molecule has 2 rings (SSSR count). The number of ether oxygens (including phenoxy) is 1. The third-order valence-electron chi connectivity index (χ3n) is 3.89. The number of aliphatic hydroxyl groups excluding tert-OH is 1. The maximum atomic E-state index is 10.1. The summed E-state index contributed by atoms with van der Waals surface area (Å²) in [6.45, 7) is 12.3. The minimum absolute atomic E-state index is 0.185. The van der Waals surface area contributed by atoms with Crippen LogP contribution >= 0.6 is 0 Å². The van der Waals surface area contributed by atoms with E-state index in [9.17, 15) is 5.11 Å². The van der Waals surface area contributed by atoms with Crippen LogP contribution in [-0.2, 0) is 11.3 Å². The smallest absolute Gasteiger partial charge is 0.0900 e. The molecule has 0 bridgehead atoms. The number of rotatable bonds is 6. The first kappa shape index (κ1) is 17.4. The summed E-state index contributed by atoms with van der Waals surface area (Å²) in [5.41, 5.74) is 1.18. The van der Waals surface area contributed by atoms with Gasteiger partial charge in [-0.15, -0.1) is 0 Å². The van der Waals surface area contributed by atoms with Gasteiger partial charge in [0.25, 0.3) is 0 Å². The molecular weight excluding hydrogens is 276 g/mol. The Morgan fingerprint density at radius 2 is 1.64 bits per heavy atom. The van der Waals surface area contributed by atoms with E-state index >= 15 is 0 Å². The van der Waals surface area contributed by atoms with Crippen LogP contribution in [0, 0.1) is 0 Å². The molecule has 0 aromatic heterocycles. The quantitative estimate of drug-likeness (QED) is 0.872. The van der Waals surface area contributed by atoms with Gasteiger partial charge in [0.05, 0.1) is 18.3 Å². The zero-order valence-electron chi connectivity index (χ0n) is 14.2. The van der Waals surface area contributed by atoms with Gasteiger partial charge in [-0.2, -0.15) is 0 Å². The van der Waals surface area contributed by atoms with Crippen LogP contribution in [0.3, 0.4) is 0 Å². The average Bonchev–Trinajstić information content (AvgIpc) is 2.48. The number of β-amino-alcohol motifs (C(OH)–C–C–N with tert-alkyl or cyclic N) is 1. The minimum Gasteiger partial charge on any atom is -0.389 e. The lowest BCUT2D eigenvalue weighted by atomic mass is 10.2.